The van der Waals surface area contributed by atoms with Gasteiger partial charge in [0.25, 0.3) is 0 Å². The van der Waals surface area contributed by atoms with Gasteiger partial charge in [0.1, 0.15) is 11.6 Å². The summed E-state index contributed by atoms with van der Waals surface area (Å²) in [5.41, 5.74) is 0.326. The number of pyridine rings is 1. The monoisotopic (exact) mass is 493 g/mol. The lowest BCUT2D eigenvalue weighted by molar-refractivity contribution is -0.125. The molecule has 0 spiro atoms. The molecule has 34 heavy (non-hydrogen) atoms. The van der Waals surface area contributed by atoms with Gasteiger partial charge < -0.3 is 15.4 Å². The van der Waals surface area contributed by atoms with Crippen LogP contribution in [0.1, 0.15) is 47.0 Å². The molecule has 0 aliphatic carbocycles. The molecule has 1 atom stereocenters. The Kier molecular flexibility index (Phi) is 9.33. The highest BCUT2D eigenvalue weighted by Crippen LogP contribution is 2.21. The van der Waals surface area contributed by atoms with Crippen molar-refractivity contribution in [1.29, 1.82) is 0 Å². The van der Waals surface area contributed by atoms with E-state index in [4.69, 9.17) is 4.74 Å². The molecular weight excluding hydrogens is 462 g/mol. The van der Waals surface area contributed by atoms with Crippen molar-refractivity contribution in [1.82, 2.24) is 19.7 Å². The number of carbonyl (C=O) groups excluding carboxylic acids is 3. The van der Waals surface area contributed by atoms with Crippen LogP contribution in [0.4, 0.5) is 10.5 Å². The average Bonchev–Trinajstić information content (AvgIpc) is 2.70. The van der Waals surface area contributed by atoms with Crippen molar-refractivity contribution in [3.8, 4) is 0 Å². The Hall–Kier alpha value is -3.25. The Bertz CT molecular complexity index is 1120. The molecule has 0 fully saturated rings. The van der Waals surface area contributed by atoms with Crippen LogP contribution < -0.4 is 20.1 Å². The zero-order valence-electron chi connectivity index (χ0n) is 19.7. The molecule has 0 aliphatic heterocycles. The smallest absolute Gasteiger partial charge is 0.422 e. The number of nitrogens with one attached hydrogen (secondary N) is 4. The van der Waals surface area contributed by atoms with Crippen molar-refractivity contribution in [3.05, 3.63) is 36.5 Å². The Labute approximate surface area is 199 Å². The van der Waals surface area contributed by atoms with E-state index in [0.717, 1.165) is 5.39 Å². The van der Waals surface area contributed by atoms with Gasteiger partial charge in [0.2, 0.25) is 11.8 Å². The number of para-hydroxylation sites is 1. The van der Waals surface area contributed by atoms with Crippen molar-refractivity contribution in [2.24, 2.45) is 0 Å². The molecule has 186 valence electrons. The third kappa shape index (κ3) is 9.32. The number of anilines is 1. The van der Waals surface area contributed by atoms with E-state index in [0.29, 0.717) is 24.0 Å². The normalized spacial score (nSPS) is 12.6. The highest BCUT2D eigenvalue weighted by molar-refractivity contribution is 7.88. The highest BCUT2D eigenvalue weighted by atomic mass is 32.2. The number of ether oxygens (including phenoxy) is 1. The van der Waals surface area contributed by atoms with Crippen molar-refractivity contribution in [2.45, 2.75) is 58.6 Å². The largest absolute Gasteiger partial charge is 0.443 e. The molecule has 0 unspecified atom stereocenters. The molecule has 1 aromatic carbocycles. The first-order valence-electron chi connectivity index (χ1n) is 10.8. The van der Waals surface area contributed by atoms with Crippen LogP contribution in [0.2, 0.25) is 0 Å². The molecule has 11 nitrogen and oxygen atoms in total. The van der Waals surface area contributed by atoms with Crippen LogP contribution in [-0.4, -0.2) is 49.5 Å². The summed E-state index contributed by atoms with van der Waals surface area (Å²) in [5.74, 6) is -0.765. The maximum Gasteiger partial charge on any atom is 0.422 e. The van der Waals surface area contributed by atoms with E-state index < -0.39 is 33.9 Å². The minimum atomic E-state index is -4.08. The average molecular weight is 494 g/mol. The molecule has 0 saturated heterocycles. The second-order valence-corrected chi connectivity index (χ2v) is 10.1. The molecule has 0 saturated carbocycles. The molecule has 3 amide bonds. The van der Waals surface area contributed by atoms with E-state index in [1.807, 2.05) is 12.1 Å². The number of fused-ring (bicyclic) bond motifs is 1. The van der Waals surface area contributed by atoms with Crippen molar-refractivity contribution in [3.63, 3.8) is 0 Å². The second kappa shape index (κ2) is 11.7. The predicted octanol–water partition coefficient (Wildman–Crippen LogP) is 2.21. The number of rotatable bonds is 10. The number of carbonyl (C=O) groups is 3. The van der Waals surface area contributed by atoms with Crippen molar-refractivity contribution < 1.29 is 27.5 Å². The Morgan fingerprint density at radius 3 is 2.47 bits per heavy atom. The zero-order chi connectivity index (χ0) is 25.4. The Morgan fingerprint density at radius 2 is 1.79 bits per heavy atom. The van der Waals surface area contributed by atoms with E-state index in [-0.39, 0.29) is 18.9 Å². The molecule has 0 bridgehead atoms. The van der Waals surface area contributed by atoms with E-state index in [1.165, 1.54) is 6.92 Å². The fraction of sp³-hybridized carbons (Fsp3) is 0.455. The Balaban J connectivity index is 1.87. The Morgan fingerprint density at radius 1 is 1.09 bits per heavy atom. The number of unbranched alkanes of at least 4 members (excludes halogenated alkanes) is 1. The van der Waals surface area contributed by atoms with Crippen LogP contribution in [-0.2, 0) is 24.5 Å². The van der Waals surface area contributed by atoms with Gasteiger partial charge in [-0.25, -0.2) is 9.52 Å². The minimum absolute atomic E-state index is 0.0276. The summed E-state index contributed by atoms with van der Waals surface area (Å²) in [6.45, 7) is 6.19. The number of nitrogens with zero attached hydrogens (tertiary/aromatic N) is 1. The molecule has 12 heteroatoms. The number of hydrogen-bond donors (Lipinski definition) is 4. The van der Waals surface area contributed by atoms with E-state index in [1.54, 1.807) is 49.9 Å². The summed E-state index contributed by atoms with van der Waals surface area (Å²) < 4.78 is 32.8. The lowest BCUT2D eigenvalue weighted by Gasteiger charge is -2.20. The summed E-state index contributed by atoms with van der Waals surface area (Å²) >= 11 is 0. The van der Waals surface area contributed by atoms with Crippen LogP contribution >= 0.6 is 0 Å². The number of hydrogen-bond acceptors (Lipinski definition) is 7. The molecule has 0 radical (unpaired) electrons. The molecule has 1 aromatic heterocycles. The van der Waals surface area contributed by atoms with E-state index in [9.17, 15) is 22.8 Å². The summed E-state index contributed by atoms with van der Waals surface area (Å²) in [6, 6.07) is 8.26. The summed E-state index contributed by atoms with van der Waals surface area (Å²) in [6.07, 6.45) is 1.63. The number of amides is 3. The topological polar surface area (TPSA) is 156 Å². The molecule has 0 aliphatic rings. The van der Waals surface area contributed by atoms with Crippen molar-refractivity contribution >= 4 is 44.7 Å². The molecule has 2 aromatic rings. The first kappa shape index (κ1) is 27.0. The van der Waals surface area contributed by atoms with Gasteiger partial charge in [-0.15, -0.1) is 0 Å². The lowest BCUT2D eigenvalue weighted by atomic mass is 10.1. The predicted molar refractivity (Wildman–Crippen MR) is 128 cm³/mol. The van der Waals surface area contributed by atoms with Crippen LogP contribution in [0, 0.1) is 0 Å². The van der Waals surface area contributed by atoms with Gasteiger partial charge in [-0.05, 0) is 52.2 Å². The van der Waals surface area contributed by atoms with Gasteiger partial charge in [-0.2, -0.15) is 13.1 Å². The second-order valence-electron chi connectivity index (χ2n) is 8.62. The minimum Gasteiger partial charge on any atom is -0.443 e. The summed E-state index contributed by atoms with van der Waals surface area (Å²) in [4.78, 5) is 40.3. The van der Waals surface area contributed by atoms with Gasteiger partial charge in [0.15, 0.2) is 0 Å². The van der Waals surface area contributed by atoms with Crippen LogP contribution in [0.5, 0.6) is 0 Å². The van der Waals surface area contributed by atoms with E-state index in [2.05, 4.69) is 20.3 Å². The first-order chi connectivity index (χ1) is 15.9. The summed E-state index contributed by atoms with van der Waals surface area (Å²) in [7, 11) is -4.08. The third-order valence-corrected chi connectivity index (χ3v) is 5.43. The number of aromatic nitrogens is 1. The lowest BCUT2D eigenvalue weighted by Crippen LogP contribution is -2.43. The van der Waals surface area contributed by atoms with Gasteiger partial charge in [0, 0.05) is 25.1 Å². The third-order valence-electron chi connectivity index (χ3n) is 4.41. The molecule has 2 rings (SSSR count). The zero-order valence-corrected chi connectivity index (χ0v) is 20.5. The fourth-order valence-corrected chi connectivity index (χ4v) is 3.81. The first-order valence-corrected chi connectivity index (χ1v) is 12.3. The van der Waals surface area contributed by atoms with Gasteiger partial charge in [-0.3, -0.25) is 14.6 Å². The maximum absolute atomic E-state index is 12.8. The van der Waals surface area contributed by atoms with Crippen LogP contribution in [0.25, 0.3) is 10.9 Å². The summed E-state index contributed by atoms with van der Waals surface area (Å²) in [5, 5.41) is 6.29. The molecule has 1 heterocycles. The fourth-order valence-electron chi connectivity index (χ4n) is 3.06. The molecular formula is C22H31N5O6S. The quantitative estimate of drug-likeness (QED) is 0.370. The van der Waals surface area contributed by atoms with Gasteiger partial charge in [0.05, 0.1) is 11.2 Å². The van der Waals surface area contributed by atoms with Gasteiger partial charge in [-0.1, -0.05) is 18.2 Å². The van der Waals surface area contributed by atoms with E-state index >= 15 is 0 Å². The highest BCUT2D eigenvalue weighted by Gasteiger charge is 2.22. The number of benzene rings is 1. The molecule has 4 N–H and O–H groups in total. The van der Waals surface area contributed by atoms with Gasteiger partial charge >= 0.3 is 16.3 Å². The SMILES string of the molecule is CC(=O)N[C@@H](CCCCNS(=O)(=O)NC(=O)OC(C)(C)C)C(=O)Nc1cccc2cccnc12. The maximum atomic E-state index is 12.8. The standard InChI is InChI=1S/C22H31N5O6S/c1-15(28)25-18(20(29)26-17-12-7-9-16-10-8-13-23-19(16)17)11-5-6-14-24-34(31,32)27-21(30)33-22(2,3)4/h7-10,12-13,18,24H,5-6,11,14H2,1-4H3,(H,25,28)(H,26,29)(H,27,30)/t18-/m0/s1. The van der Waals surface area contributed by atoms with Crippen LogP contribution in [0.3, 0.4) is 0 Å². The van der Waals surface area contributed by atoms with Crippen LogP contribution in [0.15, 0.2) is 36.5 Å². The van der Waals surface area contributed by atoms with Crippen molar-refractivity contribution in [2.75, 3.05) is 11.9 Å².